The van der Waals surface area contributed by atoms with Gasteiger partial charge in [-0.2, -0.15) is 0 Å². The summed E-state index contributed by atoms with van der Waals surface area (Å²) in [6, 6.07) is 2.20. The Morgan fingerprint density at radius 3 is 2.57 bits per heavy atom. The highest BCUT2D eigenvalue weighted by molar-refractivity contribution is 7.98. The fraction of sp³-hybridized carbons (Fsp3) is 0.429. The molecule has 0 aromatic heterocycles. The van der Waals surface area contributed by atoms with Crippen LogP contribution >= 0.6 is 35.0 Å². The van der Waals surface area contributed by atoms with Gasteiger partial charge < -0.3 is 10.4 Å². The summed E-state index contributed by atoms with van der Waals surface area (Å²) < 4.78 is 0. The minimum atomic E-state index is -1.02. The molecule has 0 saturated heterocycles. The minimum absolute atomic E-state index is 0.214. The third kappa shape index (κ3) is 4.28. The van der Waals surface area contributed by atoms with Crippen molar-refractivity contribution >= 4 is 46.8 Å². The van der Waals surface area contributed by atoms with Crippen molar-refractivity contribution in [3.8, 4) is 0 Å². The molecule has 4 nitrogen and oxygen atoms in total. The number of carbonyl (C=O) groups excluding carboxylic acids is 1. The Labute approximate surface area is 137 Å². The third-order valence-electron chi connectivity index (χ3n) is 3.36. The summed E-state index contributed by atoms with van der Waals surface area (Å²) in [5.41, 5.74) is 0.243. The second-order valence-electron chi connectivity index (χ2n) is 5.01. The zero-order valence-corrected chi connectivity index (χ0v) is 13.7. The van der Waals surface area contributed by atoms with Crippen LogP contribution in [0, 0.1) is 5.92 Å². The number of rotatable bonds is 6. The molecule has 1 atom stereocenters. The molecule has 1 fully saturated rings. The van der Waals surface area contributed by atoms with E-state index in [1.165, 1.54) is 17.8 Å². The predicted molar refractivity (Wildman–Crippen MR) is 84.5 cm³/mol. The first kappa shape index (κ1) is 16.5. The number of hydrogen-bond acceptors (Lipinski definition) is 3. The summed E-state index contributed by atoms with van der Waals surface area (Å²) in [5.74, 6) is -1.11. The van der Waals surface area contributed by atoms with Gasteiger partial charge in [0.25, 0.3) is 5.91 Å². The van der Waals surface area contributed by atoms with Crippen molar-refractivity contribution in [2.45, 2.75) is 30.2 Å². The number of halogens is 2. The number of carboxylic acid groups (broad SMARTS) is 1. The van der Waals surface area contributed by atoms with Crippen molar-refractivity contribution in [3.05, 3.63) is 27.7 Å². The lowest BCUT2D eigenvalue weighted by Crippen LogP contribution is -2.41. The summed E-state index contributed by atoms with van der Waals surface area (Å²) in [6.45, 7) is 0. The van der Waals surface area contributed by atoms with Crippen molar-refractivity contribution < 1.29 is 14.7 Å². The third-order valence-corrected chi connectivity index (χ3v) is 4.87. The van der Waals surface area contributed by atoms with Crippen LogP contribution in [-0.4, -0.2) is 29.3 Å². The molecule has 21 heavy (non-hydrogen) atoms. The van der Waals surface area contributed by atoms with Crippen LogP contribution in [-0.2, 0) is 4.79 Å². The quantitative estimate of drug-likeness (QED) is 0.770. The lowest BCUT2D eigenvalue weighted by atomic mass is 10.1. The lowest BCUT2D eigenvalue weighted by molar-refractivity contribution is -0.139. The van der Waals surface area contributed by atoms with E-state index >= 15 is 0 Å². The molecule has 1 unspecified atom stereocenters. The average molecular weight is 348 g/mol. The molecule has 1 aliphatic carbocycles. The summed E-state index contributed by atoms with van der Waals surface area (Å²) >= 11 is 13.4. The molecule has 1 aromatic carbocycles. The van der Waals surface area contributed by atoms with Crippen LogP contribution in [0.5, 0.6) is 0 Å². The molecule has 7 heteroatoms. The Balaban J connectivity index is 2.16. The molecule has 0 radical (unpaired) electrons. The number of benzene rings is 1. The minimum Gasteiger partial charge on any atom is -0.480 e. The average Bonchev–Trinajstić information content (AvgIpc) is 3.21. The number of nitrogens with one attached hydrogen (secondary N) is 1. The van der Waals surface area contributed by atoms with Gasteiger partial charge in [-0.3, -0.25) is 4.79 Å². The lowest BCUT2D eigenvalue weighted by Gasteiger charge is -2.15. The van der Waals surface area contributed by atoms with Crippen molar-refractivity contribution in [3.63, 3.8) is 0 Å². The number of aliphatic carboxylic acids is 1. The molecule has 2 rings (SSSR count). The maximum Gasteiger partial charge on any atom is 0.326 e. The van der Waals surface area contributed by atoms with E-state index in [2.05, 4.69) is 5.32 Å². The highest BCUT2D eigenvalue weighted by Crippen LogP contribution is 2.34. The smallest absolute Gasteiger partial charge is 0.326 e. The molecule has 1 saturated carbocycles. The van der Waals surface area contributed by atoms with E-state index in [4.69, 9.17) is 23.2 Å². The maximum absolute atomic E-state index is 12.3. The largest absolute Gasteiger partial charge is 0.480 e. The highest BCUT2D eigenvalue weighted by Gasteiger charge is 2.30. The normalized spacial score (nSPS) is 15.6. The van der Waals surface area contributed by atoms with Crippen LogP contribution in [0.15, 0.2) is 17.0 Å². The standard InChI is InChI=1S/C14H15Cl2NO3S/c1-21-12-5-8(9(15)6-10(12)16)13(18)17-11(14(19)20)4-7-2-3-7/h5-7,11H,2-4H2,1H3,(H,17,18)(H,19,20). The first-order chi connectivity index (χ1) is 9.92. The van der Waals surface area contributed by atoms with Gasteiger partial charge in [-0.1, -0.05) is 36.0 Å². The van der Waals surface area contributed by atoms with Crippen molar-refractivity contribution in [2.75, 3.05) is 6.26 Å². The number of carbonyl (C=O) groups is 2. The van der Waals surface area contributed by atoms with Crippen LogP contribution in [0.25, 0.3) is 0 Å². The Morgan fingerprint density at radius 1 is 1.38 bits per heavy atom. The van der Waals surface area contributed by atoms with Gasteiger partial charge in [0.2, 0.25) is 0 Å². The van der Waals surface area contributed by atoms with E-state index in [1.54, 1.807) is 6.07 Å². The van der Waals surface area contributed by atoms with E-state index in [-0.39, 0.29) is 10.6 Å². The molecule has 2 N–H and O–H groups in total. The highest BCUT2D eigenvalue weighted by atomic mass is 35.5. The molecule has 0 spiro atoms. The van der Waals surface area contributed by atoms with Crippen LogP contribution in [0.4, 0.5) is 0 Å². The fourth-order valence-corrected chi connectivity index (χ4v) is 3.19. The Morgan fingerprint density at radius 2 is 2.05 bits per heavy atom. The van der Waals surface area contributed by atoms with Gasteiger partial charge in [-0.15, -0.1) is 11.8 Å². The van der Waals surface area contributed by atoms with E-state index in [0.717, 1.165) is 17.7 Å². The van der Waals surface area contributed by atoms with Gasteiger partial charge in [0.15, 0.2) is 0 Å². The van der Waals surface area contributed by atoms with E-state index in [9.17, 15) is 14.7 Å². The topological polar surface area (TPSA) is 66.4 Å². The number of hydrogen-bond donors (Lipinski definition) is 2. The van der Waals surface area contributed by atoms with Crippen LogP contribution in [0.3, 0.4) is 0 Å². The summed E-state index contributed by atoms with van der Waals surface area (Å²) in [4.78, 5) is 24.2. The molecular weight excluding hydrogens is 333 g/mol. The van der Waals surface area contributed by atoms with Crippen LogP contribution < -0.4 is 5.32 Å². The van der Waals surface area contributed by atoms with Gasteiger partial charge in [0, 0.05) is 4.90 Å². The molecule has 1 aliphatic rings. The Bertz CT molecular complexity index is 576. The predicted octanol–water partition coefficient (Wildman–Crippen LogP) is 3.70. The molecule has 0 aliphatic heterocycles. The second kappa shape index (κ2) is 6.90. The van der Waals surface area contributed by atoms with Crippen molar-refractivity contribution in [1.29, 1.82) is 0 Å². The van der Waals surface area contributed by atoms with Crippen molar-refractivity contribution in [1.82, 2.24) is 5.32 Å². The van der Waals surface area contributed by atoms with Gasteiger partial charge in [-0.05, 0) is 30.7 Å². The number of carboxylic acids is 1. The second-order valence-corrected chi connectivity index (χ2v) is 6.67. The van der Waals surface area contributed by atoms with E-state index < -0.39 is 17.9 Å². The van der Waals surface area contributed by atoms with Gasteiger partial charge in [0.05, 0.1) is 15.6 Å². The molecule has 1 amide bonds. The number of thioether (sulfide) groups is 1. The zero-order chi connectivity index (χ0) is 15.6. The van der Waals surface area contributed by atoms with E-state index in [1.807, 2.05) is 6.26 Å². The molecule has 0 heterocycles. The Kier molecular flexibility index (Phi) is 5.41. The van der Waals surface area contributed by atoms with Crippen LogP contribution in [0.2, 0.25) is 10.0 Å². The monoisotopic (exact) mass is 347 g/mol. The van der Waals surface area contributed by atoms with E-state index in [0.29, 0.717) is 17.4 Å². The van der Waals surface area contributed by atoms with Gasteiger partial charge in [0.1, 0.15) is 6.04 Å². The first-order valence-corrected chi connectivity index (χ1v) is 8.47. The Hall–Kier alpha value is -0.910. The molecular formula is C14H15Cl2NO3S. The molecule has 0 bridgehead atoms. The SMILES string of the molecule is CSc1cc(C(=O)NC(CC2CC2)C(=O)O)c(Cl)cc1Cl. The van der Waals surface area contributed by atoms with Gasteiger partial charge >= 0.3 is 5.97 Å². The summed E-state index contributed by atoms with van der Waals surface area (Å²) in [6.07, 6.45) is 4.35. The molecule has 1 aromatic rings. The fourth-order valence-electron chi connectivity index (χ4n) is 2.00. The number of amides is 1. The molecule has 114 valence electrons. The summed E-state index contributed by atoms with van der Waals surface area (Å²) in [5, 5.41) is 12.4. The first-order valence-electron chi connectivity index (χ1n) is 6.49. The van der Waals surface area contributed by atoms with Crippen LogP contribution in [0.1, 0.15) is 29.6 Å². The zero-order valence-electron chi connectivity index (χ0n) is 11.4. The van der Waals surface area contributed by atoms with Crippen molar-refractivity contribution in [2.24, 2.45) is 5.92 Å². The summed E-state index contributed by atoms with van der Waals surface area (Å²) in [7, 11) is 0. The van der Waals surface area contributed by atoms with Gasteiger partial charge in [-0.25, -0.2) is 4.79 Å². The maximum atomic E-state index is 12.3.